The number of para-hydroxylation sites is 1. The average molecular weight is 223 g/mol. The molecule has 1 aromatic heterocycles. The number of thioether (sulfide) groups is 1. The van der Waals surface area contributed by atoms with Gasteiger partial charge in [0, 0.05) is 0 Å². The van der Waals surface area contributed by atoms with Crippen LogP contribution < -0.4 is 0 Å². The average Bonchev–Trinajstić information content (AvgIpc) is 2.70. The SMILES string of the molecule is COC(=O)c1cccc2oc(SC)nc12. The molecule has 0 N–H and O–H groups in total. The molecule has 5 heteroatoms. The lowest BCUT2D eigenvalue weighted by molar-refractivity contribution is 0.0603. The zero-order valence-corrected chi connectivity index (χ0v) is 9.13. The number of fused-ring (bicyclic) bond motifs is 1. The molecule has 0 aliphatic carbocycles. The number of methoxy groups -OCH3 is 1. The number of esters is 1. The highest BCUT2D eigenvalue weighted by molar-refractivity contribution is 7.98. The third kappa shape index (κ3) is 1.70. The molecule has 0 bridgehead atoms. The minimum absolute atomic E-state index is 0.401. The molecule has 1 heterocycles. The Bertz CT molecular complexity index is 506. The second-order valence-electron chi connectivity index (χ2n) is 2.83. The second-order valence-corrected chi connectivity index (χ2v) is 3.59. The van der Waals surface area contributed by atoms with E-state index in [2.05, 4.69) is 9.72 Å². The van der Waals surface area contributed by atoms with Crippen molar-refractivity contribution >= 4 is 28.8 Å². The summed E-state index contributed by atoms with van der Waals surface area (Å²) in [7, 11) is 1.34. The number of aromatic nitrogens is 1. The standard InChI is InChI=1S/C10H9NO3S/c1-13-9(12)6-4-3-5-7-8(6)11-10(14-7)15-2/h3-5H,1-2H3. The van der Waals surface area contributed by atoms with Crippen LogP contribution in [0.3, 0.4) is 0 Å². The largest absolute Gasteiger partial charge is 0.465 e. The maximum absolute atomic E-state index is 11.4. The third-order valence-electron chi connectivity index (χ3n) is 1.98. The number of ether oxygens (including phenoxy) is 1. The lowest BCUT2D eigenvalue weighted by Crippen LogP contribution is -2.01. The van der Waals surface area contributed by atoms with Gasteiger partial charge in [-0.3, -0.25) is 0 Å². The number of hydrogen-bond donors (Lipinski definition) is 0. The number of rotatable bonds is 2. The zero-order valence-electron chi connectivity index (χ0n) is 8.31. The summed E-state index contributed by atoms with van der Waals surface area (Å²) in [5.74, 6) is -0.401. The first-order chi connectivity index (χ1) is 7.26. The summed E-state index contributed by atoms with van der Waals surface area (Å²) >= 11 is 1.39. The van der Waals surface area contributed by atoms with Crippen LogP contribution in [0, 0.1) is 0 Å². The van der Waals surface area contributed by atoms with Crippen LogP contribution in [0.4, 0.5) is 0 Å². The maximum atomic E-state index is 11.4. The Kier molecular flexibility index (Phi) is 2.64. The van der Waals surface area contributed by atoms with Crippen molar-refractivity contribution in [2.24, 2.45) is 0 Å². The van der Waals surface area contributed by atoms with Gasteiger partial charge in [-0.15, -0.1) is 0 Å². The summed E-state index contributed by atoms with van der Waals surface area (Å²) in [6.45, 7) is 0. The van der Waals surface area contributed by atoms with E-state index < -0.39 is 5.97 Å². The number of oxazole rings is 1. The first-order valence-corrected chi connectivity index (χ1v) is 5.50. The van der Waals surface area contributed by atoms with E-state index in [0.717, 1.165) is 0 Å². The lowest BCUT2D eigenvalue weighted by Gasteiger charge is -1.97. The van der Waals surface area contributed by atoms with Crippen molar-refractivity contribution < 1.29 is 13.9 Å². The molecular weight excluding hydrogens is 214 g/mol. The summed E-state index contributed by atoms with van der Waals surface area (Å²) in [4.78, 5) is 15.6. The highest BCUT2D eigenvalue weighted by atomic mass is 32.2. The summed E-state index contributed by atoms with van der Waals surface area (Å²) < 4.78 is 10.1. The Morgan fingerprint density at radius 1 is 1.53 bits per heavy atom. The van der Waals surface area contributed by atoms with Crippen LogP contribution in [0.1, 0.15) is 10.4 Å². The van der Waals surface area contributed by atoms with Crippen molar-refractivity contribution in [2.75, 3.05) is 13.4 Å². The van der Waals surface area contributed by atoms with Gasteiger partial charge in [0.25, 0.3) is 5.22 Å². The topological polar surface area (TPSA) is 52.3 Å². The van der Waals surface area contributed by atoms with Gasteiger partial charge in [0.1, 0.15) is 5.52 Å². The molecule has 0 radical (unpaired) electrons. The van der Waals surface area contributed by atoms with Gasteiger partial charge in [-0.2, -0.15) is 0 Å². The fourth-order valence-electron chi connectivity index (χ4n) is 1.29. The maximum Gasteiger partial charge on any atom is 0.340 e. The Labute approximate surface area is 90.6 Å². The minimum Gasteiger partial charge on any atom is -0.465 e. The molecule has 0 aliphatic heterocycles. The number of hydrogen-bond acceptors (Lipinski definition) is 5. The van der Waals surface area contributed by atoms with Crippen molar-refractivity contribution in [2.45, 2.75) is 5.22 Å². The van der Waals surface area contributed by atoms with E-state index in [0.29, 0.717) is 21.9 Å². The minimum atomic E-state index is -0.401. The Morgan fingerprint density at radius 3 is 3.00 bits per heavy atom. The van der Waals surface area contributed by atoms with Gasteiger partial charge in [0.2, 0.25) is 0 Å². The molecule has 0 aliphatic rings. The number of carbonyl (C=O) groups is 1. The van der Waals surface area contributed by atoms with E-state index in [9.17, 15) is 4.79 Å². The van der Waals surface area contributed by atoms with Crippen molar-refractivity contribution in [3.05, 3.63) is 23.8 Å². The molecule has 4 nitrogen and oxygen atoms in total. The lowest BCUT2D eigenvalue weighted by atomic mass is 10.2. The van der Waals surface area contributed by atoms with Crippen LogP contribution in [0.5, 0.6) is 0 Å². The molecule has 78 valence electrons. The second kappa shape index (κ2) is 3.94. The van der Waals surface area contributed by atoms with Gasteiger partial charge in [-0.25, -0.2) is 9.78 Å². The van der Waals surface area contributed by atoms with Crippen LogP contribution in [0.15, 0.2) is 27.8 Å². The van der Waals surface area contributed by atoms with E-state index in [4.69, 9.17) is 4.42 Å². The summed E-state index contributed by atoms with van der Waals surface area (Å²) in [6.07, 6.45) is 1.86. The first-order valence-electron chi connectivity index (χ1n) is 4.28. The van der Waals surface area contributed by atoms with Crippen molar-refractivity contribution in [1.82, 2.24) is 4.98 Å². The highest BCUT2D eigenvalue weighted by Gasteiger charge is 2.14. The highest BCUT2D eigenvalue weighted by Crippen LogP contribution is 2.24. The summed E-state index contributed by atoms with van der Waals surface area (Å²) in [5, 5.41) is 0.543. The molecule has 0 spiro atoms. The molecule has 0 saturated carbocycles. The fraction of sp³-hybridized carbons (Fsp3) is 0.200. The quantitative estimate of drug-likeness (QED) is 0.577. The molecule has 2 aromatic rings. The molecule has 0 amide bonds. The normalized spacial score (nSPS) is 10.5. The van der Waals surface area contributed by atoms with E-state index in [1.165, 1.54) is 18.9 Å². The van der Waals surface area contributed by atoms with Crippen molar-refractivity contribution in [3.8, 4) is 0 Å². The van der Waals surface area contributed by atoms with Crippen LogP contribution >= 0.6 is 11.8 Å². The van der Waals surface area contributed by atoms with Crippen molar-refractivity contribution in [3.63, 3.8) is 0 Å². The van der Waals surface area contributed by atoms with E-state index >= 15 is 0 Å². The van der Waals surface area contributed by atoms with E-state index in [-0.39, 0.29) is 0 Å². The van der Waals surface area contributed by atoms with Crippen LogP contribution in [-0.4, -0.2) is 24.3 Å². The number of nitrogens with zero attached hydrogens (tertiary/aromatic N) is 1. The third-order valence-corrected chi connectivity index (χ3v) is 2.50. The molecule has 0 saturated heterocycles. The van der Waals surface area contributed by atoms with Gasteiger partial charge < -0.3 is 9.15 Å². The number of carbonyl (C=O) groups excluding carboxylic acids is 1. The van der Waals surface area contributed by atoms with Crippen LogP contribution in [0.2, 0.25) is 0 Å². The van der Waals surface area contributed by atoms with E-state index in [1.54, 1.807) is 18.2 Å². The summed E-state index contributed by atoms with van der Waals surface area (Å²) in [5.41, 5.74) is 1.58. The Morgan fingerprint density at radius 2 is 2.33 bits per heavy atom. The monoisotopic (exact) mass is 223 g/mol. The molecule has 0 unspecified atom stereocenters. The Hall–Kier alpha value is -1.49. The van der Waals surface area contributed by atoms with E-state index in [1.807, 2.05) is 6.26 Å². The summed E-state index contributed by atoms with van der Waals surface area (Å²) in [6, 6.07) is 5.18. The molecular formula is C10H9NO3S. The fourth-order valence-corrected chi connectivity index (χ4v) is 1.65. The predicted octanol–water partition coefficient (Wildman–Crippen LogP) is 2.34. The van der Waals surface area contributed by atoms with Gasteiger partial charge in [0.05, 0.1) is 12.7 Å². The molecule has 1 aromatic carbocycles. The Balaban J connectivity index is 2.64. The van der Waals surface area contributed by atoms with Crippen molar-refractivity contribution in [1.29, 1.82) is 0 Å². The smallest absolute Gasteiger partial charge is 0.340 e. The zero-order chi connectivity index (χ0) is 10.8. The van der Waals surface area contributed by atoms with Crippen LogP contribution in [0.25, 0.3) is 11.1 Å². The molecule has 0 fully saturated rings. The first kappa shape index (κ1) is 10.0. The molecule has 2 rings (SSSR count). The van der Waals surface area contributed by atoms with Gasteiger partial charge in [-0.05, 0) is 18.4 Å². The predicted molar refractivity (Wildman–Crippen MR) is 57.1 cm³/mol. The number of benzene rings is 1. The van der Waals surface area contributed by atoms with Crippen LogP contribution in [-0.2, 0) is 4.74 Å². The molecule has 15 heavy (non-hydrogen) atoms. The van der Waals surface area contributed by atoms with Gasteiger partial charge >= 0.3 is 5.97 Å². The van der Waals surface area contributed by atoms with Gasteiger partial charge in [0.15, 0.2) is 5.58 Å². The van der Waals surface area contributed by atoms with Gasteiger partial charge in [-0.1, -0.05) is 17.8 Å². The molecule has 0 atom stereocenters.